The lowest BCUT2D eigenvalue weighted by Crippen LogP contribution is -2.20. The molecule has 0 fully saturated rings. The van der Waals surface area contributed by atoms with Gasteiger partial charge in [-0.2, -0.15) is 8.78 Å². The molecule has 0 spiro atoms. The fourth-order valence-electron chi connectivity index (χ4n) is 1.84. The van der Waals surface area contributed by atoms with E-state index in [2.05, 4.69) is 10.1 Å². The number of rotatable bonds is 7. The summed E-state index contributed by atoms with van der Waals surface area (Å²) in [4.78, 5) is 23.2. The molecule has 0 aliphatic rings. The van der Waals surface area contributed by atoms with Crippen molar-refractivity contribution in [3.63, 3.8) is 0 Å². The van der Waals surface area contributed by atoms with Crippen LogP contribution in [0.15, 0.2) is 54.6 Å². The zero-order valence-electron chi connectivity index (χ0n) is 13.3. The van der Waals surface area contributed by atoms with Crippen molar-refractivity contribution in [3.05, 3.63) is 66.0 Å². The molecule has 136 valence electrons. The Labute approximate surface area is 147 Å². The fraction of sp³-hybridized carbons (Fsp3) is 0.111. The summed E-state index contributed by atoms with van der Waals surface area (Å²) >= 11 is 0. The number of halogens is 3. The highest BCUT2D eigenvalue weighted by Crippen LogP contribution is 2.15. The zero-order chi connectivity index (χ0) is 18.9. The summed E-state index contributed by atoms with van der Waals surface area (Å²) in [5.41, 5.74) is 0.924. The second-order valence-corrected chi connectivity index (χ2v) is 4.94. The van der Waals surface area contributed by atoms with Gasteiger partial charge in [-0.1, -0.05) is 12.1 Å². The molecule has 0 aliphatic carbocycles. The van der Waals surface area contributed by atoms with Crippen LogP contribution in [0.1, 0.15) is 5.56 Å². The van der Waals surface area contributed by atoms with Crippen molar-refractivity contribution in [2.75, 3.05) is 11.9 Å². The van der Waals surface area contributed by atoms with Crippen LogP contribution in [0.5, 0.6) is 5.75 Å². The topological polar surface area (TPSA) is 64.6 Å². The number of hydrogen-bond acceptors (Lipinski definition) is 4. The smallest absolute Gasteiger partial charge is 0.387 e. The number of alkyl halides is 2. The third-order valence-corrected chi connectivity index (χ3v) is 2.99. The summed E-state index contributed by atoms with van der Waals surface area (Å²) in [7, 11) is 0. The Morgan fingerprint density at radius 1 is 1.04 bits per heavy atom. The Hall–Kier alpha value is -3.29. The third-order valence-electron chi connectivity index (χ3n) is 2.99. The minimum Gasteiger partial charge on any atom is -0.452 e. The normalized spacial score (nSPS) is 10.8. The van der Waals surface area contributed by atoms with Crippen LogP contribution in [0.2, 0.25) is 0 Å². The molecule has 0 saturated carbocycles. The number of nitrogens with one attached hydrogen (secondary N) is 1. The minimum atomic E-state index is -2.91. The van der Waals surface area contributed by atoms with E-state index in [0.29, 0.717) is 11.3 Å². The van der Waals surface area contributed by atoms with Crippen molar-refractivity contribution in [3.8, 4) is 5.75 Å². The number of carbonyl (C=O) groups is 2. The monoisotopic (exact) mass is 365 g/mol. The van der Waals surface area contributed by atoms with Gasteiger partial charge in [0.1, 0.15) is 11.6 Å². The van der Waals surface area contributed by atoms with Crippen LogP contribution in [-0.4, -0.2) is 25.1 Å². The van der Waals surface area contributed by atoms with Crippen LogP contribution >= 0.6 is 0 Å². The highest BCUT2D eigenvalue weighted by Gasteiger charge is 2.06. The number of carbonyl (C=O) groups excluding carboxylic acids is 2. The third kappa shape index (κ3) is 6.68. The molecule has 0 radical (unpaired) electrons. The first-order valence-electron chi connectivity index (χ1n) is 7.37. The molecular formula is C18H14F3NO4. The molecule has 0 heterocycles. The molecule has 26 heavy (non-hydrogen) atoms. The molecule has 1 N–H and O–H groups in total. The predicted octanol–water partition coefficient (Wildman–Crippen LogP) is 3.62. The van der Waals surface area contributed by atoms with Gasteiger partial charge in [0.2, 0.25) is 0 Å². The SMILES string of the molecule is O=C(COC(=O)/C=C/c1ccc(OC(F)F)cc1)Nc1ccc(F)cc1. The van der Waals surface area contributed by atoms with Crippen molar-refractivity contribution in [2.45, 2.75) is 6.61 Å². The van der Waals surface area contributed by atoms with E-state index in [9.17, 15) is 22.8 Å². The summed E-state index contributed by atoms with van der Waals surface area (Å²) in [5.74, 6) is -1.77. The first-order valence-corrected chi connectivity index (χ1v) is 7.37. The van der Waals surface area contributed by atoms with Crippen LogP contribution in [0, 0.1) is 5.82 Å². The van der Waals surface area contributed by atoms with E-state index < -0.39 is 30.9 Å². The van der Waals surface area contributed by atoms with E-state index in [1.165, 1.54) is 54.6 Å². The van der Waals surface area contributed by atoms with Crippen LogP contribution in [0.3, 0.4) is 0 Å². The van der Waals surface area contributed by atoms with Gasteiger partial charge < -0.3 is 14.8 Å². The molecular weight excluding hydrogens is 351 g/mol. The first-order chi connectivity index (χ1) is 12.4. The summed E-state index contributed by atoms with van der Waals surface area (Å²) < 4.78 is 45.8. The van der Waals surface area contributed by atoms with Crippen molar-refractivity contribution in [1.29, 1.82) is 0 Å². The number of amides is 1. The number of hydrogen-bond donors (Lipinski definition) is 1. The van der Waals surface area contributed by atoms with Crippen LogP contribution in [0.4, 0.5) is 18.9 Å². The molecule has 0 saturated heterocycles. The van der Waals surface area contributed by atoms with Gasteiger partial charge in [0.25, 0.3) is 5.91 Å². The molecule has 5 nitrogen and oxygen atoms in total. The molecule has 2 aromatic rings. The van der Waals surface area contributed by atoms with Gasteiger partial charge in [-0.15, -0.1) is 0 Å². The molecule has 0 unspecified atom stereocenters. The number of ether oxygens (including phenoxy) is 2. The lowest BCUT2D eigenvalue weighted by Gasteiger charge is -2.05. The van der Waals surface area contributed by atoms with Crippen LogP contribution in [0.25, 0.3) is 6.08 Å². The molecule has 1 amide bonds. The molecule has 0 atom stereocenters. The maximum Gasteiger partial charge on any atom is 0.387 e. The maximum atomic E-state index is 12.8. The van der Waals surface area contributed by atoms with Crippen LogP contribution < -0.4 is 10.1 Å². The molecule has 2 rings (SSSR count). The lowest BCUT2D eigenvalue weighted by molar-refractivity contribution is -0.142. The zero-order valence-corrected chi connectivity index (χ0v) is 13.3. The molecule has 8 heteroatoms. The summed E-state index contributed by atoms with van der Waals surface area (Å²) in [5, 5.41) is 2.44. The van der Waals surface area contributed by atoms with E-state index >= 15 is 0 Å². The first kappa shape index (κ1) is 19.0. The van der Waals surface area contributed by atoms with E-state index in [-0.39, 0.29) is 5.75 Å². The van der Waals surface area contributed by atoms with E-state index in [4.69, 9.17) is 4.74 Å². The van der Waals surface area contributed by atoms with Gasteiger partial charge in [0.15, 0.2) is 6.61 Å². The second-order valence-electron chi connectivity index (χ2n) is 4.94. The summed E-state index contributed by atoms with van der Waals surface area (Å²) in [6, 6.07) is 10.7. The van der Waals surface area contributed by atoms with Gasteiger partial charge >= 0.3 is 12.6 Å². The average Bonchev–Trinajstić information content (AvgIpc) is 2.61. The van der Waals surface area contributed by atoms with E-state index in [0.717, 1.165) is 6.08 Å². The van der Waals surface area contributed by atoms with E-state index in [1.54, 1.807) is 0 Å². The standard InChI is InChI=1S/C18H14F3NO4/c19-13-4-6-14(7-5-13)22-16(23)11-25-17(24)10-3-12-1-8-15(9-2-12)26-18(20)21/h1-10,18H,11H2,(H,22,23)/b10-3+. The number of benzene rings is 2. The molecule has 0 aromatic heterocycles. The largest absolute Gasteiger partial charge is 0.452 e. The molecule has 0 aliphatic heterocycles. The van der Waals surface area contributed by atoms with Crippen LogP contribution in [-0.2, 0) is 14.3 Å². The summed E-state index contributed by atoms with van der Waals surface area (Å²) in [6.07, 6.45) is 2.49. The van der Waals surface area contributed by atoms with Crippen molar-refractivity contribution < 1.29 is 32.2 Å². The minimum absolute atomic E-state index is 0.00260. The van der Waals surface area contributed by atoms with Gasteiger partial charge in [-0.3, -0.25) is 4.79 Å². The predicted molar refractivity (Wildman–Crippen MR) is 88.1 cm³/mol. The highest BCUT2D eigenvalue weighted by atomic mass is 19.3. The van der Waals surface area contributed by atoms with Crippen molar-refractivity contribution >= 4 is 23.6 Å². The van der Waals surface area contributed by atoms with Gasteiger partial charge in [0.05, 0.1) is 0 Å². The van der Waals surface area contributed by atoms with Gasteiger partial charge in [-0.25, -0.2) is 9.18 Å². The Kier molecular flexibility index (Phi) is 6.78. The fourth-order valence-corrected chi connectivity index (χ4v) is 1.84. The van der Waals surface area contributed by atoms with Crippen molar-refractivity contribution in [1.82, 2.24) is 0 Å². The van der Waals surface area contributed by atoms with E-state index in [1.807, 2.05) is 0 Å². The van der Waals surface area contributed by atoms with Gasteiger partial charge in [0, 0.05) is 11.8 Å². The highest BCUT2D eigenvalue weighted by molar-refractivity contribution is 5.94. The Morgan fingerprint density at radius 2 is 1.69 bits per heavy atom. The maximum absolute atomic E-state index is 12.8. The summed E-state index contributed by atoms with van der Waals surface area (Å²) in [6.45, 7) is -3.42. The lowest BCUT2D eigenvalue weighted by atomic mass is 10.2. The average molecular weight is 365 g/mol. The number of esters is 1. The number of anilines is 1. The Balaban J connectivity index is 1.77. The quantitative estimate of drug-likeness (QED) is 0.601. The second kappa shape index (κ2) is 9.26. The Bertz CT molecular complexity index is 774. The Morgan fingerprint density at radius 3 is 2.31 bits per heavy atom. The van der Waals surface area contributed by atoms with Crippen molar-refractivity contribution in [2.24, 2.45) is 0 Å². The van der Waals surface area contributed by atoms with Gasteiger partial charge in [-0.05, 0) is 48.0 Å². The molecule has 0 bridgehead atoms. The molecule has 2 aromatic carbocycles.